The van der Waals surface area contributed by atoms with Gasteiger partial charge in [0.25, 0.3) is 10.0 Å². The van der Waals surface area contributed by atoms with Gasteiger partial charge in [-0.05, 0) is 58.9 Å². The van der Waals surface area contributed by atoms with E-state index in [9.17, 15) is 13.7 Å². The molecule has 0 spiro atoms. The summed E-state index contributed by atoms with van der Waals surface area (Å²) in [5, 5.41) is 10.9. The average molecular weight is 509 g/mol. The fraction of sp³-hybridized carbons (Fsp3) is 0.100. The fourth-order valence-electron chi connectivity index (χ4n) is 2.65. The van der Waals surface area contributed by atoms with Crippen LogP contribution in [0.3, 0.4) is 0 Å². The number of sulfonamides is 1. The van der Waals surface area contributed by atoms with Gasteiger partial charge in [-0.2, -0.15) is 5.26 Å². The number of pyridine rings is 1. The highest BCUT2D eigenvalue weighted by atomic mass is 79.9. The van der Waals surface area contributed by atoms with E-state index in [1.807, 2.05) is 13.2 Å². The molecule has 0 unspecified atom stereocenters. The fourth-order valence-corrected chi connectivity index (χ4v) is 5.26. The molecule has 0 aliphatic carbocycles. The maximum absolute atomic E-state index is 12.9. The monoisotopic (exact) mass is 507 g/mol. The molecule has 0 aliphatic rings. The number of halogens is 2. The largest absolute Gasteiger partial charge is 0.263 e. The molecular formula is C20H15BrClN3O2S2. The lowest BCUT2D eigenvalue weighted by Gasteiger charge is -2.16. The molecule has 0 radical (unpaired) electrons. The highest BCUT2D eigenvalue weighted by molar-refractivity contribution is 9.10. The number of hydrogen-bond acceptors (Lipinski definition) is 5. The van der Waals surface area contributed by atoms with E-state index < -0.39 is 10.0 Å². The SMILES string of the molecule is CSc1nc(NS(=O)(=O)c2ccc(C)cc2)c(C#N)c(-c2ccc(Cl)cc2)c1Br. The van der Waals surface area contributed by atoms with Crippen molar-refractivity contribution in [3.63, 3.8) is 0 Å². The van der Waals surface area contributed by atoms with E-state index in [1.54, 1.807) is 36.4 Å². The summed E-state index contributed by atoms with van der Waals surface area (Å²) >= 11 is 10.8. The maximum Gasteiger partial charge on any atom is 0.263 e. The van der Waals surface area contributed by atoms with Crippen molar-refractivity contribution in [3.05, 3.63) is 69.2 Å². The van der Waals surface area contributed by atoms with Crippen LogP contribution >= 0.6 is 39.3 Å². The summed E-state index contributed by atoms with van der Waals surface area (Å²) in [5.41, 5.74) is 2.32. The number of aryl methyl sites for hydroxylation is 1. The number of anilines is 1. The Morgan fingerprint density at radius 2 is 1.76 bits per heavy atom. The molecule has 148 valence electrons. The molecule has 0 saturated carbocycles. The number of benzene rings is 2. The van der Waals surface area contributed by atoms with Gasteiger partial charge in [0.1, 0.15) is 16.7 Å². The number of nitrogens with one attached hydrogen (secondary N) is 1. The van der Waals surface area contributed by atoms with Crippen LogP contribution in [0.15, 0.2) is 62.9 Å². The molecule has 0 atom stereocenters. The zero-order chi connectivity index (χ0) is 21.2. The molecular weight excluding hydrogens is 494 g/mol. The van der Waals surface area contributed by atoms with Gasteiger partial charge in [-0.3, -0.25) is 4.72 Å². The first-order valence-corrected chi connectivity index (χ1v) is 12.2. The normalized spacial score (nSPS) is 11.1. The Kier molecular flexibility index (Phi) is 6.54. The highest BCUT2D eigenvalue weighted by Gasteiger charge is 2.23. The molecule has 3 rings (SSSR count). The van der Waals surface area contributed by atoms with E-state index >= 15 is 0 Å². The molecule has 0 bridgehead atoms. The number of aromatic nitrogens is 1. The van der Waals surface area contributed by atoms with Crippen molar-refractivity contribution in [2.24, 2.45) is 0 Å². The molecule has 0 amide bonds. The zero-order valence-corrected chi connectivity index (χ0v) is 19.4. The van der Waals surface area contributed by atoms with Crippen LogP contribution in [0.4, 0.5) is 5.82 Å². The van der Waals surface area contributed by atoms with Crippen LogP contribution in [0.25, 0.3) is 11.1 Å². The number of thioether (sulfide) groups is 1. The van der Waals surface area contributed by atoms with Gasteiger partial charge >= 0.3 is 0 Å². The van der Waals surface area contributed by atoms with E-state index in [0.29, 0.717) is 25.6 Å². The topological polar surface area (TPSA) is 82.8 Å². The molecule has 1 N–H and O–H groups in total. The van der Waals surface area contributed by atoms with Gasteiger partial charge in [0.15, 0.2) is 5.82 Å². The summed E-state index contributed by atoms with van der Waals surface area (Å²) in [7, 11) is -3.92. The highest BCUT2D eigenvalue weighted by Crippen LogP contribution is 2.40. The van der Waals surface area contributed by atoms with E-state index in [2.05, 4.69) is 31.7 Å². The number of rotatable bonds is 5. The van der Waals surface area contributed by atoms with Crippen LogP contribution in [0, 0.1) is 18.3 Å². The van der Waals surface area contributed by atoms with E-state index in [0.717, 1.165) is 5.56 Å². The second kappa shape index (κ2) is 8.76. The third kappa shape index (κ3) is 4.59. The quantitative estimate of drug-likeness (QED) is 0.436. The Hall–Kier alpha value is -2.05. The summed E-state index contributed by atoms with van der Waals surface area (Å²) in [6, 6.07) is 15.5. The summed E-state index contributed by atoms with van der Waals surface area (Å²) in [6.45, 7) is 1.87. The van der Waals surface area contributed by atoms with E-state index in [-0.39, 0.29) is 16.3 Å². The van der Waals surface area contributed by atoms with Gasteiger partial charge in [-0.15, -0.1) is 11.8 Å². The number of hydrogen-bond donors (Lipinski definition) is 1. The minimum Gasteiger partial charge on any atom is -0.262 e. The van der Waals surface area contributed by atoms with Crippen molar-refractivity contribution in [2.45, 2.75) is 16.8 Å². The van der Waals surface area contributed by atoms with Gasteiger partial charge in [-0.25, -0.2) is 13.4 Å². The van der Waals surface area contributed by atoms with Crippen molar-refractivity contribution in [1.29, 1.82) is 5.26 Å². The lowest BCUT2D eigenvalue weighted by molar-refractivity contribution is 0.601. The van der Waals surface area contributed by atoms with Crippen LogP contribution in [0.5, 0.6) is 0 Å². The summed E-state index contributed by atoms with van der Waals surface area (Å²) in [5.74, 6) is -0.0226. The van der Waals surface area contributed by atoms with Gasteiger partial charge < -0.3 is 0 Å². The molecule has 0 aliphatic heterocycles. The minimum absolute atomic E-state index is 0.0226. The first kappa shape index (κ1) is 21.7. The Morgan fingerprint density at radius 1 is 1.14 bits per heavy atom. The lowest BCUT2D eigenvalue weighted by Crippen LogP contribution is -2.16. The van der Waals surface area contributed by atoms with Crippen LogP contribution in [-0.2, 0) is 10.0 Å². The molecule has 29 heavy (non-hydrogen) atoms. The summed E-state index contributed by atoms with van der Waals surface area (Å²) in [4.78, 5) is 4.46. The van der Waals surface area contributed by atoms with E-state index in [4.69, 9.17) is 11.6 Å². The second-order valence-corrected chi connectivity index (χ2v) is 9.78. The van der Waals surface area contributed by atoms with Crippen molar-refractivity contribution in [3.8, 4) is 17.2 Å². The summed E-state index contributed by atoms with van der Waals surface area (Å²) < 4.78 is 28.8. The smallest absolute Gasteiger partial charge is 0.262 e. The Morgan fingerprint density at radius 3 is 2.31 bits per heavy atom. The Balaban J connectivity index is 2.19. The Bertz CT molecular complexity index is 1210. The summed E-state index contributed by atoms with van der Waals surface area (Å²) in [6.07, 6.45) is 1.82. The van der Waals surface area contributed by atoms with Crippen molar-refractivity contribution in [1.82, 2.24) is 4.98 Å². The van der Waals surface area contributed by atoms with Gasteiger partial charge in [0, 0.05) is 10.6 Å². The average Bonchev–Trinajstić information content (AvgIpc) is 2.69. The third-order valence-electron chi connectivity index (χ3n) is 4.11. The van der Waals surface area contributed by atoms with Gasteiger partial charge in [0.2, 0.25) is 0 Å². The predicted molar refractivity (Wildman–Crippen MR) is 121 cm³/mol. The maximum atomic E-state index is 12.9. The van der Waals surface area contributed by atoms with Crippen molar-refractivity contribution >= 4 is 55.1 Å². The molecule has 0 fully saturated rings. The zero-order valence-electron chi connectivity index (χ0n) is 15.4. The molecule has 3 aromatic rings. The Labute approximate surface area is 187 Å². The first-order valence-electron chi connectivity index (χ1n) is 8.30. The molecule has 5 nitrogen and oxygen atoms in total. The van der Waals surface area contributed by atoms with Crippen LogP contribution in [-0.4, -0.2) is 19.7 Å². The lowest BCUT2D eigenvalue weighted by atomic mass is 10.0. The first-order chi connectivity index (χ1) is 13.8. The van der Waals surface area contributed by atoms with Gasteiger partial charge in [0.05, 0.1) is 9.37 Å². The predicted octanol–water partition coefficient (Wildman–Crippen LogP) is 5.87. The molecule has 1 heterocycles. The van der Waals surface area contributed by atoms with Crippen molar-refractivity contribution < 1.29 is 8.42 Å². The number of nitriles is 1. The standard InChI is InChI=1S/C20H15BrClN3O2S2/c1-12-3-9-15(10-4-12)29(26,27)25-19-16(11-23)17(18(21)20(24-19)28-2)13-5-7-14(22)8-6-13/h3-10H,1-2H3,(H,24,25). The van der Waals surface area contributed by atoms with Crippen molar-refractivity contribution in [2.75, 3.05) is 11.0 Å². The van der Waals surface area contributed by atoms with E-state index in [1.165, 1.54) is 23.9 Å². The number of nitrogens with zero attached hydrogens (tertiary/aromatic N) is 2. The second-order valence-electron chi connectivity index (χ2n) is 6.07. The van der Waals surface area contributed by atoms with Crippen LogP contribution in [0.2, 0.25) is 5.02 Å². The third-order valence-corrected chi connectivity index (χ3v) is 7.43. The minimum atomic E-state index is -3.92. The molecule has 2 aromatic carbocycles. The van der Waals surface area contributed by atoms with Crippen LogP contribution in [0.1, 0.15) is 11.1 Å². The van der Waals surface area contributed by atoms with Gasteiger partial charge in [-0.1, -0.05) is 41.4 Å². The molecule has 0 saturated heterocycles. The molecule has 9 heteroatoms. The van der Waals surface area contributed by atoms with Crippen LogP contribution < -0.4 is 4.72 Å². The molecule has 1 aromatic heterocycles.